The Kier molecular flexibility index (Phi) is 13.3. The summed E-state index contributed by atoms with van der Waals surface area (Å²) in [6.45, 7) is 2.40. The van der Waals surface area contributed by atoms with Gasteiger partial charge in [-0.2, -0.15) is 8.78 Å². The predicted molar refractivity (Wildman–Crippen MR) is 238 cm³/mol. The fourth-order valence-corrected chi connectivity index (χ4v) is 9.54. The van der Waals surface area contributed by atoms with Gasteiger partial charge < -0.3 is 39.1 Å². The summed E-state index contributed by atoms with van der Waals surface area (Å²) in [5, 5.41) is 10.1. The molecule has 3 saturated heterocycles. The highest BCUT2D eigenvalue weighted by atomic mass is 31.2. The molecule has 4 atom stereocenters. The first-order valence-corrected chi connectivity index (χ1v) is 23.6. The molecule has 1 aromatic heterocycles. The molecule has 0 radical (unpaired) electrons. The van der Waals surface area contributed by atoms with E-state index in [4.69, 9.17) is 9.26 Å². The van der Waals surface area contributed by atoms with Crippen LogP contribution in [0.3, 0.4) is 0 Å². The summed E-state index contributed by atoms with van der Waals surface area (Å²) in [7, 11) is -4.23. The maximum Gasteiger partial charge on any atom is 0.399 e. The van der Waals surface area contributed by atoms with Crippen LogP contribution in [0, 0.1) is 6.92 Å². The molecule has 4 N–H and O–H groups in total. The van der Waals surface area contributed by atoms with E-state index in [1.165, 1.54) is 34.1 Å². The van der Waals surface area contributed by atoms with Crippen molar-refractivity contribution in [1.29, 1.82) is 0 Å². The Bertz CT molecular complexity index is 2810. The third kappa shape index (κ3) is 9.80. The molecule has 5 aromatic rings. The number of likely N-dealkylation sites (N-methyl/N-ethyl adjacent to an activating group) is 1. The summed E-state index contributed by atoms with van der Waals surface area (Å²) >= 11 is 0. The number of aromatic nitrogens is 1. The highest BCUT2D eigenvalue weighted by Gasteiger charge is 2.50. The number of ether oxygens (including phenoxy) is 1. The van der Waals surface area contributed by atoms with Gasteiger partial charge in [0.25, 0.3) is 11.8 Å². The number of piperidine rings is 1. The zero-order chi connectivity index (χ0) is 47.8. The molecule has 3 aliphatic heterocycles. The summed E-state index contributed by atoms with van der Waals surface area (Å²) in [5.41, 5.74) is -3.44. The van der Waals surface area contributed by atoms with Crippen LogP contribution in [0.4, 0.5) is 8.78 Å². The van der Waals surface area contributed by atoms with Crippen LogP contribution in [0.25, 0.3) is 21.7 Å². The summed E-state index contributed by atoms with van der Waals surface area (Å²) in [6, 6.07) is 16.9. The number of hydrogen-bond acceptors (Lipinski definition) is 10. The predicted octanol–water partition coefficient (Wildman–Crippen LogP) is 5.36. The number of benzene rings is 4. The highest BCUT2D eigenvalue weighted by Crippen LogP contribution is 2.59. The molecule has 20 heteroatoms. The molecule has 8 rings (SSSR count). The van der Waals surface area contributed by atoms with Crippen molar-refractivity contribution in [2.75, 3.05) is 33.3 Å². The molecule has 352 valence electrons. The van der Waals surface area contributed by atoms with Crippen LogP contribution in [0.5, 0.6) is 5.75 Å². The number of fused-ring (bicyclic) bond motifs is 3. The van der Waals surface area contributed by atoms with Crippen molar-refractivity contribution < 1.29 is 61.2 Å². The Morgan fingerprint density at radius 3 is 2.46 bits per heavy atom. The van der Waals surface area contributed by atoms with Crippen molar-refractivity contribution in [1.82, 2.24) is 30.5 Å². The molecule has 3 aliphatic rings. The molecule has 0 saturated carbocycles. The minimum Gasteiger partial charge on any atom is -0.494 e. The summed E-state index contributed by atoms with van der Waals surface area (Å²) in [4.78, 5) is 104. The summed E-state index contributed by atoms with van der Waals surface area (Å²) < 4.78 is 52.3. The van der Waals surface area contributed by atoms with Crippen LogP contribution < -0.4 is 15.4 Å². The van der Waals surface area contributed by atoms with E-state index in [0.717, 1.165) is 23.3 Å². The van der Waals surface area contributed by atoms with Crippen LogP contribution in [0.15, 0.2) is 83.4 Å². The first-order valence-electron chi connectivity index (χ1n) is 22.0. The van der Waals surface area contributed by atoms with Gasteiger partial charge in [-0.05, 0) is 104 Å². The molecule has 0 bridgehead atoms. The van der Waals surface area contributed by atoms with Gasteiger partial charge in [0, 0.05) is 43.7 Å². The third-order valence-corrected chi connectivity index (χ3v) is 13.8. The topological polar surface area (TPSA) is 229 Å². The lowest BCUT2D eigenvalue weighted by molar-refractivity contribution is -0.146. The monoisotopic (exact) mass is 942 g/mol. The Morgan fingerprint density at radius 1 is 0.955 bits per heavy atom. The van der Waals surface area contributed by atoms with Gasteiger partial charge in [-0.1, -0.05) is 47.1 Å². The van der Waals surface area contributed by atoms with E-state index >= 15 is 0 Å². The van der Waals surface area contributed by atoms with Crippen molar-refractivity contribution in [3.05, 3.63) is 107 Å². The second-order valence-corrected chi connectivity index (χ2v) is 19.0. The van der Waals surface area contributed by atoms with Crippen molar-refractivity contribution in [3.63, 3.8) is 0 Å². The summed E-state index contributed by atoms with van der Waals surface area (Å²) in [5.74, 6) is -2.60. The number of halogens is 2. The standard InChI is InChI=1S/C47H49F2N6O11P/c1-27-5-17-39-36(23-27)41(52-66-39)46(61)54-21-19-33-12-16-38(45(60)53(2)20-3-4-22-65-34-13-9-29(10-14-34)35-15-18-40(56)51-43(35)58)55(33)44(59)37(26-54)50-42(57)30-7-6-28-8-11-32(25-31(28)24-30)47(48,49)67(62,63)64/h5-11,13-14,17,23-25,33,35,37-38H,3-4,12,15-16,18-22,26H2,1-2H3,(H,50,57)(H,51,56,58)(H2,62,63,64)/t33-,35?,37+,38+/m1/s1. The van der Waals surface area contributed by atoms with Crippen LogP contribution in [0.1, 0.15) is 88.4 Å². The average Bonchev–Trinajstić information content (AvgIpc) is 3.92. The molecular weight excluding hydrogens is 894 g/mol. The van der Waals surface area contributed by atoms with E-state index in [9.17, 15) is 51.9 Å². The number of rotatable bonds is 13. The SMILES string of the molecule is Cc1ccc2onc(C(=O)N3CC[C@H]4CC[C@@H](C(=O)N(C)CCCCOc5ccc(C6CCC(=O)NC6=O)cc5)N4C(=O)[C@@H](NC(=O)c4ccc5ccc(C(F)(F)P(=O)(O)O)cc5c4)C3)c2c1. The van der Waals surface area contributed by atoms with Gasteiger partial charge in [0.15, 0.2) is 11.3 Å². The second-order valence-electron chi connectivity index (χ2n) is 17.3. The lowest BCUT2D eigenvalue weighted by atomic mass is 9.90. The minimum atomic E-state index is -5.89. The maximum absolute atomic E-state index is 14.8. The normalized spacial score (nSPS) is 20.3. The van der Waals surface area contributed by atoms with Crippen molar-refractivity contribution in [2.45, 2.75) is 81.6 Å². The number of unbranched alkanes of at least 4 members (excludes halogenated alkanes) is 1. The Balaban J connectivity index is 0.963. The van der Waals surface area contributed by atoms with E-state index in [0.29, 0.717) is 73.8 Å². The van der Waals surface area contributed by atoms with Gasteiger partial charge in [0.1, 0.15) is 17.8 Å². The molecular formula is C47H49F2N6O11P. The highest BCUT2D eigenvalue weighted by molar-refractivity contribution is 7.52. The number of aryl methyl sites for hydroxylation is 1. The van der Waals surface area contributed by atoms with Gasteiger partial charge in [-0.3, -0.25) is 38.6 Å². The van der Waals surface area contributed by atoms with Crippen LogP contribution in [0.2, 0.25) is 0 Å². The van der Waals surface area contributed by atoms with Crippen LogP contribution in [-0.2, 0) is 29.4 Å². The summed E-state index contributed by atoms with van der Waals surface area (Å²) in [6.07, 6.45) is 3.03. The molecule has 6 amide bonds. The van der Waals surface area contributed by atoms with Gasteiger partial charge in [0.05, 0.1) is 24.5 Å². The first-order chi connectivity index (χ1) is 31.9. The average molecular weight is 943 g/mol. The number of nitrogens with zero attached hydrogens (tertiary/aromatic N) is 4. The molecule has 1 unspecified atom stereocenters. The molecule has 0 aliphatic carbocycles. The first kappa shape index (κ1) is 47.0. The number of nitrogens with one attached hydrogen (secondary N) is 2. The molecule has 3 fully saturated rings. The molecule has 4 aromatic carbocycles. The molecule has 0 spiro atoms. The minimum absolute atomic E-state index is 0.0280. The smallest absolute Gasteiger partial charge is 0.399 e. The quantitative estimate of drug-likeness (QED) is 0.0665. The van der Waals surface area contributed by atoms with E-state index in [-0.39, 0.29) is 53.9 Å². The van der Waals surface area contributed by atoms with E-state index < -0.39 is 60.6 Å². The van der Waals surface area contributed by atoms with Gasteiger partial charge in [-0.25, -0.2) is 0 Å². The number of imide groups is 1. The van der Waals surface area contributed by atoms with Crippen LogP contribution in [-0.4, -0.2) is 117 Å². The van der Waals surface area contributed by atoms with Crippen LogP contribution >= 0.6 is 7.60 Å². The number of hydrogen-bond donors (Lipinski definition) is 4. The number of carbonyl (C=O) groups is 6. The zero-order valence-corrected chi connectivity index (χ0v) is 37.5. The van der Waals surface area contributed by atoms with E-state index in [1.54, 1.807) is 48.3 Å². The fourth-order valence-electron chi connectivity index (χ4n) is 9.06. The van der Waals surface area contributed by atoms with Crippen molar-refractivity contribution in [2.24, 2.45) is 0 Å². The number of alkyl halides is 2. The molecule has 67 heavy (non-hydrogen) atoms. The fraction of sp³-hybridized carbons (Fsp3) is 0.383. The Hall–Kier alpha value is -6.56. The lowest BCUT2D eigenvalue weighted by Gasteiger charge is -2.39. The maximum atomic E-state index is 14.8. The zero-order valence-electron chi connectivity index (χ0n) is 36.7. The van der Waals surface area contributed by atoms with Gasteiger partial charge in [-0.15, -0.1) is 0 Å². The van der Waals surface area contributed by atoms with E-state index in [1.807, 2.05) is 13.0 Å². The Labute approximate surface area is 382 Å². The molecule has 4 heterocycles. The van der Waals surface area contributed by atoms with Gasteiger partial charge in [0.2, 0.25) is 23.6 Å². The number of carbonyl (C=O) groups excluding carboxylic acids is 6. The van der Waals surface area contributed by atoms with Crippen molar-refractivity contribution >= 4 is 64.8 Å². The number of amides is 6. The van der Waals surface area contributed by atoms with Gasteiger partial charge >= 0.3 is 13.3 Å². The largest absolute Gasteiger partial charge is 0.494 e. The molecule has 17 nitrogen and oxygen atoms in total. The lowest BCUT2D eigenvalue weighted by Crippen LogP contribution is -2.61. The second kappa shape index (κ2) is 19.0. The Morgan fingerprint density at radius 2 is 1.72 bits per heavy atom. The van der Waals surface area contributed by atoms with Crippen molar-refractivity contribution in [3.8, 4) is 5.75 Å². The van der Waals surface area contributed by atoms with E-state index in [2.05, 4.69) is 15.8 Å². The third-order valence-electron chi connectivity index (χ3n) is 12.8.